The van der Waals surface area contributed by atoms with E-state index in [1.165, 1.54) is 0 Å². The molecular formula is C26H26O2. The van der Waals surface area contributed by atoms with Crippen LogP contribution in [0.2, 0.25) is 0 Å². The van der Waals surface area contributed by atoms with Crippen LogP contribution < -0.4 is 9.47 Å². The Bertz CT molecular complexity index is 854. The van der Waals surface area contributed by atoms with Gasteiger partial charge in [0.15, 0.2) is 0 Å². The topological polar surface area (TPSA) is 18.5 Å². The van der Waals surface area contributed by atoms with Crippen molar-refractivity contribution in [1.29, 1.82) is 0 Å². The Morgan fingerprint density at radius 3 is 1.54 bits per heavy atom. The molecule has 3 aromatic carbocycles. The molecule has 0 fully saturated rings. The van der Waals surface area contributed by atoms with Gasteiger partial charge in [-0.1, -0.05) is 66.7 Å². The van der Waals surface area contributed by atoms with E-state index in [0.717, 1.165) is 46.6 Å². The molecule has 0 heterocycles. The molecule has 0 aliphatic rings. The van der Waals surface area contributed by atoms with E-state index in [1.54, 1.807) is 0 Å². The summed E-state index contributed by atoms with van der Waals surface area (Å²) in [6.07, 6.45) is 5.39. The molecule has 0 radical (unpaired) electrons. The van der Waals surface area contributed by atoms with E-state index in [9.17, 15) is 0 Å². The Balaban J connectivity index is 1.63. The lowest BCUT2D eigenvalue weighted by Crippen LogP contribution is -2.01. The predicted molar refractivity (Wildman–Crippen MR) is 116 cm³/mol. The van der Waals surface area contributed by atoms with E-state index in [2.05, 4.69) is 43.5 Å². The second-order valence-corrected chi connectivity index (χ2v) is 6.60. The summed E-state index contributed by atoms with van der Waals surface area (Å²) in [5.74, 6) is 1.81. The van der Waals surface area contributed by atoms with Gasteiger partial charge in [-0.2, -0.15) is 0 Å². The zero-order chi connectivity index (χ0) is 19.6. The average molecular weight is 370 g/mol. The summed E-state index contributed by atoms with van der Waals surface area (Å²) in [6.45, 7) is 8.68. The van der Waals surface area contributed by atoms with Gasteiger partial charge in [0.2, 0.25) is 0 Å². The summed E-state index contributed by atoms with van der Waals surface area (Å²) in [6, 6.07) is 24.5. The second-order valence-electron chi connectivity index (χ2n) is 6.60. The maximum absolute atomic E-state index is 6.04. The van der Waals surface area contributed by atoms with Crippen LogP contribution in [-0.2, 0) is 26.1 Å². The smallest absolute Gasteiger partial charge is 0.123 e. The van der Waals surface area contributed by atoms with Gasteiger partial charge in [-0.05, 0) is 53.3 Å². The highest BCUT2D eigenvalue weighted by Crippen LogP contribution is 2.22. The van der Waals surface area contributed by atoms with Crippen LogP contribution in [0.5, 0.6) is 11.5 Å². The lowest BCUT2D eigenvalue weighted by molar-refractivity contribution is 0.297. The van der Waals surface area contributed by atoms with Crippen molar-refractivity contribution in [2.75, 3.05) is 0 Å². The molecule has 0 spiro atoms. The molecular weight excluding hydrogens is 344 g/mol. The lowest BCUT2D eigenvalue weighted by Gasteiger charge is -2.13. The molecule has 0 aromatic heterocycles. The Hall–Kier alpha value is -3.26. The average Bonchev–Trinajstić information content (AvgIpc) is 2.73. The third-order valence-corrected chi connectivity index (χ3v) is 4.45. The third kappa shape index (κ3) is 5.37. The Morgan fingerprint density at radius 2 is 1.07 bits per heavy atom. The number of benzene rings is 3. The molecule has 142 valence electrons. The van der Waals surface area contributed by atoms with Crippen molar-refractivity contribution in [2.45, 2.75) is 26.1 Å². The van der Waals surface area contributed by atoms with Crippen molar-refractivity contribution in [3.63, 3.8) is 0 Å². The van der Waals surface area contributed by atoms with Crippen molar-refractivity contribution in [3.05, 3.63) is 120 Å². The molecule has 0 aliphatic carbocycles. The standard InChI is InChI=1S/C26H26O2/c1-3-10-23-14-5-7-16-25(23)27-19-21-12-9-13-22(18-21)20-28-26-17-8-6-15-24(26)11-4-2/h3-9,12-18H,1-2,10-11,19-20H2. The van der Waals surface area contributed by atoms with Crippen molar-refractivity contribution < 1.29 is 9.47 Å². The number of rotatable bonds is 10. The fourth-order valence-electron chi connectivity index (χ4n) is 3.07. The minimum atomic E-state index is 0.523. The van der Waals surface area contributed by atoms with Gasteiger partial charge in [0.1, 0.15) is 24.7 Å². The molecule has 0 saturated heterocycles. The largest absolute Gasteiger partial charge is 0.489 e. The molecule has 0 aliphatic heterocycles. The number of hydrogen-bond donors (Lipinski definition) is 0. The maximum atomic E-state index is 6.04. The third-order valence-electron chi connectivity index (χ3n) is 4.45. The molecule has 0 unspecified atom stereocenters. The van der Waals surface area contributed by atoms with Crippen LogP contribution in [0.25, 0.3) is 0 Å². The van der Waals surface area contributed by atoms with Crippen molar-refractivity contribution in [1.82, 2.24) is 0 Å². The number of para-hydroxylation sites is 2. The maximum Gasteiger partial charge on any atom is 0.123 e. The number of ether oxygens (including phenoxy) is 2. The molecule has 0 bridgehead atoms. The van der Waals surface area contributed by atoms with Crippen molar-refractivity contribution in [3.8, 4) is 11.5 Å². The van der Waals surface area contributed by atoms with Crippen molar-refractivity contribution >= 4 is 0 Å². The van der Waals surface area contributed by atoms with E-state index in [-0.39, 0.29) is 0 Å². The summed E-state index contributed by atoms with van der Waals surface area (Å²) < 4.78 is 12.1. The van der Waals surface area contributed by atoms with Crippen molar-refractivity contribution in [2.24, 2.45) is 0 Å². The van der Waals surface area contributed by atoms with Crippen LogP contribution in [-0.4, -0.2) is 0 Å². The Morgan fingerprint density at radius 1 is 0.607 bits per heavy atom. The first-order valence-corrected chi connectivity index (χ1v) is 9.51. The zero-order valence-corrected chi connectivity index (χ0v) is 16.1. The van der Waals surface area contributed by atoms with Crippen LogP contribution >= 0.6 is 0 Å². The fraction of sp³-hybridized carbons (Fsp3) is 0.154. The predicted octanol–water partition coefficient (Wildman–Crippen LogP) is 6.30. The van der Waals surface area contributed by atoms with Gasteiger partial charge in [-0.15, -0.1) is 13.2 Å². The normalized spacial score (nSPS) is 10.3. The van der Waals surface area contributed by atoms with Gasteiger partial charge in [0.05, 0.1) is 0 Å². The van der Waals surface area contributed by atoms with E-state index < -0.39 is 0 Å². The first kappa shape index (κ1) is 19.5. The summed E-state index contributed by atoms with van der Waals surface area (Å²) in [4.78, 5) is 0. The number of allylic oxidation sites excluding steroid dienone is 2. The van der Waals surface area contributed by atoms with Crippen LogP contribution in [0.4, 0.5) is 0 Å². The summed E-state index contributed by atoms with van der Waals surface area (Å²) in [5.41, 5.74) is 4.54. The van der Waals surface area contributed by atoms with Gasteiger partial charge < -0.3 is 9.47 Å². The van der Waals surface area contributed by atoms with Crippen LogP contribution in [0.3, 0.4) is 0 Å². The molecule has 0 amide bonds. The SMILES string of the molecule is C=CCc1ccccc1OCc1cccc(COc2ccccc2CC=C)c1. The molecule has 28 heavy (non-hydrogen) atoms. The number of hydrogen-bond acceptors (Lipinski definition) is 2. The molecule has 0 N–H and O–H groups in total. The minimum Gasteiger partial charge on any atom is -0.489 e. The molecule has 3 aromatic rings. The highest BCUT2D eigenvalue weighted by atomic mass is 16.5. The molecule has 2 nitrogen and oxygen atoms in total. The zero-order valence-electron chi connectivity index (χ0n) is 16.1. The molecule has 0 atom stereocenters. The van der Waals surface area contributed by atoms with Crippen LogP contribution in [0.15, 0.2) is 98.1 Å². The fourth-order valence-corrected chi connectivity index (χ4v) is 3.07. The van der Waals surface area contributed by atoms with Gasteiger partial charge in [0, 0.05) is 0 Å². The lowest BCUT2D eigenvalue weighted by atomic mass is 10.1. The molecule has 0 saturated carbocycles. The first-order valence-electron chi connectivity index (χ1n) is 9.51. The highest BCUT2D eigenvalue weighted by Gasteiger charge is 2.05. The van der Waals surface area contributed by atoms with E-state index >= 15 is 0 Å². The monoisotopic (exact) mass is 370 g/mol. The van der Waals surface area contributed by atoms with E-state index in [0.29, 0.717) is 13.2 Å². The van der Waals surface area contributed by atoms with Crippen LogP contribution in [0.1, 0.15) is 22.3 Å². The highest BCUT2D eigenvalue weighted by molar-refractivity contribution is 5.36. The Kier molecular flexibility index (Phi) is 7.08. The van der Waals surface area contributed by atoms with Gasteiger partial charge in [-0.3, -0.25) is 0 Å². The van der Waals surface area contributed by atoms with Gasteiger partial charge in [-0.25, -0.2) is 0 Å². The molecule has 3 rings (SSSR count). The summed E-state index contributed by atoms with van der Waals surface area (Å²) in [5, 5.41) is 0. The first-order chi connectivity index (χ1) is 13.8. The summed E-state index contributed by atoms with van der Waals surface area (Å²) in [7, 11) is 0. The van der Waals surface area contributed by atoms with Gasteiger partial charge in [0.25, 0.3) is 0 Å². The summed E-state index contributed by atoms with van der Waals surface area (Å²) >= 11 is 0. The Labute approximate surface area is 167 Å². The minimum absolute atomic E-state index is 0.523. The van der Waals surface area contributed by atoms with Crippen LogP contribution in [0, 0.1) is 0 Å². The quantitative estimate of drug-likeness (QED) is 0.390. The second kappa shape index (κ2) is 10.2. The molecule has 2 heteroatoms. The van der Waals surface area contributed by atoms with E-state index in [4.69, 9.17) is 9.47 Å². The van der Waals surface area contributed by atoms with E-state index in [1.807, 2.05) is 54.6 Å². The van der Waals surface area contributed by atoms with Gasteiger partial charge >= 0.3 is 0 Å².